The number of carbonyl (C=O) groups is 2. The average Bonchev–Trinajstić information content (AvgIpc) is 2.56. The van der Waals surface area contributed by atoms with Crippen LogP contribution in [0.25, 0.3) is 0 Å². The van der Waals surface area contributed by atoms with Gasteiger partial charge >= 0.3 is 12.3 Å². The van der Waals surface area contributed by atoms with Gasteiger partial charge in [0.05, 0.1) is 4.90 Å². The van der Waals surface area contributed by atoms with Crippen molar-refractivity contribution >= 4 is 22.1 Å². The summed E-state index contributed by atoms with van der Waals surface area (Å²) in [6, 6.07) is 5.36. The van der Waals surface area contributed by atoms with Crippen LogP contribution in [0.4, 0.5) is 9.59 Å². The van der Waals surface area contributed by atoms with Gasteiger partial charge in [-0.25, -0.2) is 18.0 Å². The van der Waals surface area contributed by atoms with Crippen LogP contribution in [0.1, 0.15) is 55.4 Å². The average molecular weight is 455 g/mol. The Kier molecular flexibility index (Phi) is 8.46. The molecule has 0 unspecified atom stereocenters. The van der Waals surface area contributed by atoms with E-state index in [4.69, 9.17) is 18.9 Å². The zero-order chi connectivity index (χ0) is 24.0. The van der Waals surface area contributed by atoms with Crippen LogP contribution in [0.2, 0.25) is 0 Å². The first-order chi connectivity index (χ1) is 14.0. The highest BCUT2D eigenvalue weighted by atomic mass is 32.2. The molecule has 8 nitrogen and oxygen atoms in total. The molecule has 1 rings (SSSR count). The third kappa shape index (κ3) is 9.69. The Morgan fingerprint density at radius 2 is 1.29 bits per heavy atom. The lowest BCUT2D eigenvalue weighted by atomic mass is 10.2. The molecule has 0 saturated heterocycles. The summed E-state index contributed by atoms with van der Waals surface area (Å²) in [5.74, 6) is 0.321. The first-order valence-corrected chi connectivity index (χ1v) is 11.0. The topological polar surface area (TPSA) is 105 Å². The fraction of sp³-hybridized carbons (Fsp3) is 0.455. The van der Waals surface area contributed by atoms with Crippen molar-refractivity contribution in [3.05, 3.63) is 47.1 Å². The van der Waals surface area contributed by atoms with Gasteiger partial charge in [-0.15, -0.1) is 0 Å². The molecule has 0 atom stereocenters. The zero-order valence-electron chi connectivity index (χ0n) is 19.1. The maximum atomic E-state index is 12.7. The molecule has 9 heteroatoms. The molecule has 0 fully saturated rings. The molecule has 1 aromatic rings. The summed E-state index contributed by atoms with van der Waals surface area (Å²) in [5.41, 5.74) is -1.41. The molecule has 0 aromatic heterocycles. The second-order valence-corrected chi connectivity index (χ2v) is 10.8. The van der Waals surface area contributed by atoms with Crippen molar-refractivity contribution in [1.29, 1.82) is 0 Å². The normalized spacial score (nSPS) is 13.4. The van der Waals surface area contributed by atoms with E-state index in [0.29, 0.717) is 0 Å². The van der Waals surface area contributed by atoms with E-state index < -0.39 is 33.4 Å². The van der Waals surface area contributed by atoms with E-state index in [-0.39, 0.29) is 21.3 Å². The van der Waals surface area contributed by atoms with Crippen LogP contribution in [-0.2, 0) is 24.0 Å². The molecule has 0 aliphatic carbocycles. The number of sulfone groups is 1. The van der Waals surface area contributed by atoms with Gasteiger partial charge in [-0.1, -0.05) is 0 Å². The second kappa shape index (κ2) is 10.00. The summed E-state index contributed by atoms with van der Waals surface area (Å²) in [4.78, 5) is 23.4. The monoisotopic (exact) mass is 454 g/mol. The maximum absolute atomic E-state index is 12.7. The summed E-state index contributed by atoms with van der Waals surface area (Å²) in [7, 11) is -3.79. The van der Waals surface area contributed by atoms with Crippen molar-refractivity contribution in [2.45, 2.75) is 71.5 Å². The zero-order valence-corrected chi connectivity index (χ0v) is 20.0. The SMILES string of the molecule is CC(=CC=C(C)S(=O)(=O)c1ccc(OC(=O)OC(C)(C)C)cc1)OC(=O)OC(C)(C)C. The standard InChI is InChI=1S/C22H30O8S/c1-15(27-19(23)29-21(3,4)5)9-10-16(2)31(25,26)18-13-11-17(12-14-18)28-20(24)30-22(6,7)8/h9-14H,1-8H3. The number of ether oxygens (including phenoxy) is 4. The lowest BCUT2D eigenvalue weighted by molar-refractivity contribution is 0.00650. The number of hydrogen-bond donors (Lipinski definition) is 0. The van der Waals surface area contributed by atoms with Crippen LogP contribution in [0.3, 0.4) is 0 Å². The molecule has 0 saturated carbocycles. The van der Waals surface area contributed by atoms with Gasteiger partial charge in [-0.3, -0.25) is 0 Å². The summed E-state index contributed by atoms with van der Waals surface area (Å²) >= 11 is 0. The van der Waals surface area contributed by atoms with Crippen molar-refractivity contribution in [2.75, 3.05) is 0 Å². The van der Waals surface area contributed by atoms with E-state index in [9.17, 15) is 18.0 Å². The Morgan fingerprint density at radius 1 is 0.806 bits per heavy atom. The Labute approximate surface area is 183 Å². The summed E-state index contributed by atoms with van der Waals surface area (Å²) in [6.07, 6.45) is 0.914. The highest BCUT2D eigenvalue weighted by molar-refractivity contribution is 7.95. The van der Waals surface area contributed by atoms with E-state index in [1.807, 2.05) is 0 Å². The Morgan fingerprint density at radius 3 is 1.77 bits per heavy atom. The van der Waals surface area contributed by atoms with Gasteiger partial charge in [0, 0.05) is 4.91 Å². The fourth-order valence-corrected chi connectivity index (χ4v) is 3.11. The summed E-state index contributed by atoms with van der Waals surface area (Å²) in [6.45, 7) is 13.1. The molecule has 0 aliphatic rings. The van der Waals surface area contributed by atoms with E-state index in [1.165, 1.54) is 50.3 Å². The molecular weight excluding hydrogens is 424 g/mol. The minimum atomic E-state index is -3.79. The van der Waals surface area contributed by atoms with Gasteiger partial charge in [0.15, 0.2) is 0 Å². The van der Waals surface area contributed by atoms with E-state index in [1.54, 1.807) is 41.5 Å². The number of rotatable bonds is 5. The predicted octanol–water partition coefficient (Wildman–Crippen LogP) is 5.53. The minimum absolute atomic E-state index is 0.0110. The van der Waals surface area contributed by atoms with Gasteiger partial charge < -0.3 is 18.9 Å². The fourth-order valence-electron chi connectivity index (χ4n) is 2.00. The van der Waals surface area contributed by atoms with Gasteiger partial charge in [-0.2, -0.15) is 0 Å². The first kappa shape index (κ1) is 26.2. The molecule has 0 amide bonds. The predicted molar refractivity (Wildman–Crippen MR) is 115 cm³/mol. The largest absolute Gasteiger partial charge is 0.514 e. The molecule has 0 spiro atoms. The van der Waals surface area contributed by atoms with E-state index in [2.05, 4.69) is 0 Å². The van der Waals surface area contributed by atoms with Crippen LogP contribution in [0, 0.1) is 0 Å². The lowest BCUT2D eigenvalue weighted by Gasteiger charge is -2.18. The molecule has 1 aromatic carbocycles. The van der Waals surface area contributed by atoms with Crippen LogP contribution >= 0.6 is 0 Å². The van der Waals surface area contributed by atoms with E-state index >= 15 is 0 Å². The van der Waals surface area contributed by atoms with Crippen molar-refractivity contribution in [3.8, 4) is 5.75 Å². The van der Waals surface area contributed by atoms with Gasteiger partial charge in [0.1, 0.15) is 22.7 Å². The quantitative estimate of drug-likeness (QED) is 0.247. The molecule has 0 aliphatic heterocycles. The molecule has 31 heavy (non-hydrogen) atoms. The number of carbonyl (C=O) groups excluding carboxylic acids is 2. The number of hydrogen-bond acceptors (Lipinski definition) is 8. The van der Waals surface area contributed by atoms with Gasteiger partial charge in [0.25, 0.3) is 0 Å². The van der Waals surface area contributed by atoms with Crippen molar-refractivity contribution in [1.82, 2.24) is 0 Å². The summed E-state index contributed by atoms with van der Waals surface area (Å²) in [5, 5.41) is 0. The number of benzene rings is 1. The van der Waals surface area contributed by atoms with Crippen molar-refractivity contribution in [2.24, 2.45) is 0 Å². The molecule has 0 bridgehead atoms. The van der Waals surface area contributed by atoms with Gasteiger partial charge in [-0.05, 0) is 91.8 Å². The Bertz CT molecular complexity index is 956. The third-order valence-corrected chi connectivity index (χ3v) is 5.21. The molecule has 0 radical (unpaired) electrons. The lowest BCUT2D eigenvalue weighted by Crippen LogP contribution is -2.25. The molecule has 172 valence electrons. The van der Waals surface area contributed by atoms with E-state index in [0.717, 1.165) is 0 Å². The second-order valence-electron chi connectivity index (χ2n) is 8.66. The third-order valence-electron chi connectivity index (χ3n) is 3.34. The Hall–Kier alpha value is -2.81. The molecule has 0 heterocycles. The minimum Gasteiger partial charge on any atom is -0.428 e. The maximum Gasteiger partial charge on any atom is 0.514 e. The van der Waals surface area contributed by atoms with Crippen LogP contribution < -0.4 is 4.74 Å². The van der Waals surface area contributed by atoms with Gasteiger partial charge in [0.2, 0.25) is 9.84 Å². The first-order valence-electron chi connectivity index (χ1n) is 9.51. The van der Waals surface area contributed by atoms with Crippen LogP contribution in [-0.4, -0.2) is 31.9 Å². The highest BCUT2D eigenvalue weighted by Crippen LogP contribution is 2.23. The van der Waals surface area contributed by atoms with Crippen molar-refractivity contribution < 1.29 is 37.0 Å². The molecule has 0 N–H and O–H groups in total. The van der Waals surface area contributed by atoms with Crippen LogP contribution in [0.15, 0.2) is 52.0 Å². The molecular formula is C22H30O8S. The smallest absolute Gasteiger partial charge is 0.428 e. The summed E-state index contributed by atoms with van der Waals surface area (Å²) < 4.78 is 45.5. The highest BCUT2D eigenvalue weighted by Gasteiger charge is 2.20. The van der Waals surface area contributed by atoms with Crippen LogP contribution in [0.5, 0.6) is 5.75 Å². The number of allylic oxidation sites excluding steroid dienone is 4. The van der Waals surface area contributed by atoms with Crippen molar-refractivity contribution in [3.63, 3.8) is 0 Å². The Balaban J connectivity index is 2.87.